The molecule has 0 bridgehead atoms. The van der Waals surface area contributed by atoms with Crippen molar-refractivity contribution in [2.24, 2.45) is 0 Å². The highest BCUT2D eigenvalue weighted by Gasteiger charge is 2.18. The maximum atomic E-state index is 12.8. The van der Waals surface area contributed by atoms with Crippen molar-refractivity contribution in [3.63, 3.8) is 0 Å². The second-order valence-corrected chi connectivity index (χ2v) is 8.49. The maximum absolute atomic E-state index is 12.8. The molecule has 6 heteroatoms. The fraction of sp³-hybridized carbons (Fsp3) is 0.400. The first-order valence-electron chi connectivity index (χ1n) is 10.9. The van der Waals surface area contributed by atoms with Gasteiger partial charge in [-0.2, -0.15) is 0 Å². The van der Waals surface area contributed by atoms with Crippen molar-refractivity contribution < 1.29 is 23.9 Å². The number of hydrogen-bond acceptors (Lipinski definition) is 5. The standard InChI is InChI=1S/C25H29NO5/c1-17-10-18(2)12-21(11-17)31-24-16-30-23-13-20(6-7-22(23)25(24)28)29-15-19(27)14-26-8-4-3-5-9-26/h6-7,10-13,16,19,27H,3-5,8-9,14-15H2,1-2H3/p+1/t19-/m0/s1. The molecule has 1 aliphatic rings. The third-order valence-electron chi connectivity index (χ3n) is 5.66. The van der Waals surface area contributed by atoms with Crippen LogP contribution < -0.4 is 19.8 Å². The highest BCUT2D eigenvalue weighted by atomic mass is 16.5. The summed E-state index contributed by atoms with van der Waals surface area (Å²) in [4.78, 5) is 14.3. The van der Waals surface area contributed by atoms with E-state index in [1.165, 1.54) is 30.4 Å². The molecule has 0 radical (unpaired) electrons. The van der Waals surface area contributed by atoms with Crippen molar-refractivity contribution in [2.75, 3.05) is 26.2 Å². The summed E-state index contributed by atoms with van der Waals surface area (Å²) in [7, 11) is 0. The maximum Gasteiger partial charge on any atom is 0.235 e. The van der Waals surface area contributed by atoms with Gasteiger partial charge >= 0.3 is 0 Å². The number of ether oxygens (including phenoxy) is 2. The first-order chi connectivity index (χ1) is 15.0. The van der Waals surface area contributed by atoms with Gasteiger partial charge in [-0.15, -0.1) is 0 Å². The summed E-state index contributed by atoms with van der Waals surface area (Å²) in [5.74, 6) is 1.31. The van der Waals surface area contributed by atoms with Gasteiger partial charge in [0.1, 0.15) is 42.6 Å². The SMILES string of the molecule is Cc1cc(C)cc(Oc2coc3cc(OC[C@@H](O)C[NH+]4CCCCC4)ccc3c2=O)c1. The van der Waals surface area contributed by atoms with Crippen LogP contribution in [0, 0.1) is 13.8 Å². The average Bonchev–Trinajstić information content (AvgIpc) is 2.74. The number of piperidine rings is 1. The molecule has 0 saturated carbocycles. The van der Waals surface area contributed by atoms with Gasteiger partial charge in [0.2, 0.25) is 11.2 Å². The Morgan fingerprint density at radius 2 is 1.77 bits per heavy atom. The van der Waals surface area contributed by atoms with E-state index in [1.54, 1.807) is 18.2 Å². The van der Waals surface area contributed by atoms with E-state index in [4.69, 9.17) is 13.9 Å². The Hall–Kier alpha value is -2.83. The lowest BCUT2D eigenvalue weighted by molar-refractivity contribution is -0.908. The zero-order valence-corrected chi connectivity index (χ0v) is 18.1. The van der Waals surface area contributed by atoms with Crippen LogP contribution in [-0.4, -0.2) is 37.5 Å². The summed E-state index contributed by atoms with van der Waals surface area (Å²) in [6.07, 6.45) is 4.55. The monoisotopic (exact) mass is 424 g/mol. The number of aryl methyl sites for hydroxylation is 2. The molecule has 1 atom stereocenters. The molecule has 164 valence electrons. The van der Waals surface area contributed by atoms with Crippen molar-refractivity contribution in [1.29, 1.82) is 0 Å². The van der Waals surface area contributed by atoms with Crippen LogP contribution in [0.1, 0.15) is 30.4 Å². The largest absolute Gasteiger partial charge is 0.491 e. The van der Waals surface area contributed by atoms with Crippen LogP contribution in [0.25, 0.3) is 11.0 Å². The smallest absolute Gasteiger partial charge is 0.235 e. The van der Waals surface area contributed by atoms with Crippen LogP contribution in [0.2, 0.25) is 0 Å². The third-order valence-corrected chi connectivity index (χ3v) is 5.66. The van der Waals surface area contributed by atoms with Crippen LogP contribution in [0.3, 0.4) is 0 Å². The van der Waals surface area contributed by atoms with E-state index in [0.29, 0.717) is 29.0 Å². The molecule has 1 saturated heterocycles. The second-order valence-electron chi connectivity index (χ2n) is 8.49. The van der Waals surface area contributed by atoms with Crippen LogP contribution in [0.5, 0.6) is 17.2 Å². The van der Waals surface area contributed by atoms with Gasteiger partial charge < -0.3 is 23.9 Å². The average molecular weight is 425 g/mol. The van der Waals surface area contributed by atoms with Crippen LogP contribution in [-0.2, 0) is 0 Å². The topological polar surface area (TPSA) is 73.3 Å². The number of hydrogen-bond donors (Lipinski definition) is 2. The molecule has 0 amide bonds. The Balaban J connectivity index is 1.43. The van der Waals surface area contributed by atoms with E-state index < -0.39 is 6.10 Å². The molecule has 31 heavy (non-hydrogen) atoms. The van der Waals surface area contributed by atoms with Crippen LogP contribution >= 0.6 is 0 Å². The van der Waals surface area contributed by atoms with E-state index in [2.05, 4.69) is 0 Å². The molecule has 0 unspecified atom stereocenters. The zero-order chi connectivity index (χ0) is 21.8. The molecule has 1 fully saturated rings. The summed E-state index contributed by atoms with van der Waals surface area (Å²) in [5, 5.41) is 10.7. The molecule has 0 spiro atoms. The van der Waals surface area contributed by atoms with Crippen molar-refractivity contribution in [2.45, 2.75) is 39.2 Å². The highest BCUT2D eigenvalue weighted by Crippen LogP contribution is 2.25. The molecule has 0 aliphatic carbocycles. The molecule has 3 aromatic rings. The van der Waals surface area contributed by atoms with Gasteiger partial charge in [-0.3, -0.25) is 4.79 Å². The van der Waals surface area contributed by atoms with Gasteiger partial charge in [-0.05, 0) is 68.5 Å². The van der Waals surface area contributed by atoms with Gasteiger partial charge in [-0.25, -0.2) is 0 Å². The predicted octanol–water partition coefficient (Wildman–Crippen LogP) is 3.01. The Morgan fingerprint density at radius 3 is 2.52 bits per heavy atom. The predicted molar refractivity (Wildman–Crippen MR) is 119 cm³/mol. The highest BCUT2D eigenvalue weighted by molar-refractivity contribution is 5.79. The number of nitrogens with one attached hydrogen (secondary N) is 1. The molecule has 2 aromatic carbocycles. The minimum absolute atomic E-state index is 0.145. The summed E-state index contributed by atoms with van der Waals surface area (Å²) < 4.78 is 17.2. The lowest BCUT2D eigenvalue weighted by Crippen LogP contribution is -3.14. The minimum atomic E-state index is -0.524. The molecular weight excluding hydrogens is 394 g/mol. The Morgan fingerprint density at radius 1 is 1.03 bits per heavy atom. The van der Waals surface area contributed by atoms with Gasteiger partial charge in [-0.1, -0.05) is 6.07 Å². The number of aliphatic hydroxyl groups is 1. The third kappa shape index (κ3) is 5.46. The minimum Gasteiger partial charge on any atom is -0.491 e. The summed E-state index contributed by atoms with van der Waals surface area (Å²) in [6.45, 7) is 7.11. The van der Waals surface area contributed by atoms with E-state index >= 15 is 0 Å². The molecule has 4 rings (SSSR count). The molecule has 2 heterocycles. The van der Waals surface area contributed by atoms with Crippen molar-refractivity contribution in [3.8, 4) is 17.2 Å². The number of rotatable bonds is 7. The van der Waals surface area contributed by atoms with Gasteiger partial charge in [0.15, 0.2) is 0 Å². The van der Waals surface area contributed by atoms with E-state index in [0.717, 1.165) is 24.2 Å². The number of fused-ring (bicyclic) bond motifs is 1. The summed E-state index contributed by atoms with van der Waals surface area (Å²) in [6, 6.07) is 10.9. The number of quaternary nitrogens is 1. The lowest BCUT2D eigenvalue weighted by atomic mass is 10.1. The number of benzene rings is 2. The number of likely N-dealkylation sites (tertiary alicyclic amines) is 1. The lowest BCUT2D eigenvalue weighted by Gasteiger charge is -2.25. The van der Waals surface area contributed by atoms with Crippen LogP contribution in [0.4, 0.5) is 0 Å². The molecule has 2 N–H and O–H groups in total. The van der Waals surface area contributed by atoms with Gasteiger partial charge in [0, 0.05) is 6.07 Å². The van der Waals surface area contributed by atoms with Crippen molar-refractivity contribution in [3.05, 3.63) is 64.0 Å². The fourth-order valence-electron chi connectivity index (χ4n) is 4.21. The Labute approximate surface area is 182 Å². The second kappa shape index (κ2) is 9.54. The normalized spacial score (nSPS) is 15.7. The van der Waals surface area contributed by atoms with Crippen molar-refractivity contribution in [1.82, 2.24) is 0 Å². The number of aliphatic hydroxyl groups excluding tert-OH is 1. The van der Waals surface area contributed by atoms with E-state index in [9.17, 15) is 9.90 Å². The van der Waals surface area contributed by atoms with Crippen LogP contribution in [0.15, 0.2) is 51.9 Å². The molecular formula is C25H30NO5+. The molecule has 6 nitrogen and oxygen atoms in total. The first-order valence-corrected chi connectivity index (χ1v) is 10.9. The Bertz CT molecular complexity index is 1080. The molecule has 1 aromatic heterocycles. The van der Waals surface area contributed by atoms with E-state index in [1.807, 2.05) is 32.0 Å². The Kier molecular flexibility index (Phi) is 6.59. The van der Waals surface area contributed by atoms with Gasteiger partial charge in [0.25, 0.3) is 0 Å². The molecule has 1 aliphatic heterocycles. The summed E-state index contributed by atoms with van der Waals surface area (Å²) >= 11 is 0. The zero-order valence-electron chi connectivity index (χ0n) is 18.1. The first kappa shape index (κ1) is 21.4. The quantitative estimate of drug-likeness (QED) is 0.610. The fourth-order valence-corrected chi connectivity index (χ4v) is 4.21. The summed E-state index contributed by atoms with van der Waals surface area (Å²) in [5.41, 5.74) is 2.31. The van der Waals surface area contributed by atoms with Crippen molar-refractivity contribution >= 4 is 11.0 Å². The van der Waals surface area contributed by atoms with Gasteiger partial charge in [0.05, 0.1) is 18.5 Å². The van der Waals surface area contributed by atoms with E-state index in [-0.39, 0.29) is 17.8 Å².